The van der Waals surface area contributed by atoms with E-state index in [1.165, 1.54) is 0 Å². The van der Waals surface area contributed by atoms with Crippen LogP contribution in [-0.2, 0) is 6.42 Å². The fourth-order valence-corrected chi connectivity index (χ4v) is 2.72. The second kappa shape index (κ2) is 5.79. The highest BCUT2D eigenvalue weighted by molar-refractivity contribution is 5.48. The van der Waals surface area contributed by atoms with Crippen LogP contribution in [0.1, 0.15) is 29.2 Å². The maximum absolute atomic E-state index is 14.0. The van der Waals surface area contributed by atoms with Gasteiger partial charge in [0.15, 0.2) is 0 Å². The van der Waals surface area contributed by atoms with Crippen LogP contribution in [0.2, 0.25) is 0 Å². The fourth-order valence-electron chi connectivity index (χ4n) is 2.72. The van der Waals surface area contributed by atoms with Gasteiger partial charge in [-0.15, -0.1) is 0 Å². The molecule has 0 bridgehead atoms. The summed E-state index contributed by atoms with van der Waals surface area (Å²) in [5.41, 5.74) is 4.52. The summed E-state index contributed by atoms with van der Waals surface area (Å²) in [6.07, 6.45) is 1.86. The van der Waals surface area contributed by atoms with Gasteiger partial charge >= 0.3 is 0 Å². The first-order valence-electron chi connectivity index (χ1n) is 6.86. The minimum Gasteiger partial charge on any atom is -0.493 e. The Balaban J connectivity index is 2.10. The third-order valence-electron chi connectivity index (χ3n) is 3.71. The highest BCUT2D eigenvalue weighted by atomic mass is 19.1. The first kappa shape index (κ1) is 14.0. The Morgan fingerprint density at radius 2 is 2.00 bits per heavy atom. The average molecular weight is 290 g/mol. The molecular weight excluding hydrogens is 274 g/mol. The quantitative estimate of drug-likeness (QED) is 0.675. The van der Waals surface area contributed by atoms with Crippen molar-refractivity contribution in [2.24, 2.45) is 5.84 Å². The van der Waals surface area contributed by atoms with Crippen molar-refractivity contribution in [3.63, 3.8) is 0 Å². The second-order valence-corrected chi connectivity index (χ2v) is 5.05. The molecule has 2 aromatic rings. The van der Waals surface area contributed by atoms with E-state index in [1.807, 2.05) is 18.2 Å². The van der Waals surface area contributed by atoms with Crippen LogP contribution in [0.5, 0.6) is 5.75 Å². The number of nitrogens with one attached hydrogen (secondary N) is 1. The smallest absolute Gasteiger partial charge is 0.128 e. The van der Waals surface area contributed by atoms with E-state index >= 15 is 0 Å². The van der Waals surface area contributed by atoms with Gasteiger partial charge in [0.1, 0.15) is 17.4 Å². The van der Waals surface area contributed by atoms with E-state index in [1.54, 1.807) is 0 Å². The number of benzene rings is 2. The zero-order valence-corrected chi connectivity index (χ0v) is 11.4. The third kappa shape index (κ3) is 2.62. The number of hydrogen-bond donors (Lipinski definition) is 2. The Labute approximate surface area is 121 Å². The van der Waals surface area contributed by atoms with E-state index in [0.29, 0.717) is 6.61 Å². The van der Waals surface area contributed by atoms with E-state index in [0.717, 1.165) is 47.9 Å². The molecule has 1 unspecified atom stereocenters. The molecule has 1 atom stereocenters. The lowest BCUT2D eigenvalue weighted by atomic mass is 9.93. The molecule has 3 N–H and O–H groups in total. The predicted molar refractivity (Wildman–Crippen MR) is 75.8 cm³/mol. The molecule has 0 fully saturated rings. The van der Waals surface area contributed by atoms with Crippen LogP contribution in [0.15, 0.2) is 36.4 Å². The maximum Gasteiger partial charge on any atom is 0.128 e. The van der Waals surface area contributed by atoms with Gasteiger partial charge < -0.3 is 4.74 Å². The van der Waals surface area contributed by atoms with Crippen molar-refractivity contribution >= 4 is 0 Å². The Hall–Kier alpha value is -1.98. The Morgan fingerprint density at radius 1 is 1.14 bits per heavy atom. The van der Waals surface area contributed by atoms with Gasteiger partial charge in [0.05, 0.1) is 12.6 Å². The predicted octanol–water partition coefficient (Wildman–Crippen LogP) is 2.84. The number of nitrogens with two attached hydrogens (primary N) is 1. The Bertz CT molecular complexity index is 661. The number of para-hydroxylation sites is 1. The molecule has 0 amide bonds. The molecule has 3 rings (SSSR count). The number of halogens is 2. The van der Waals surface area contributed by atoms with E-state index in [9.17, 15) is 8.78 Å². The zero-order valence-electron chi connectivity index (χ0n) is 11.4. The molecule has 1 heterocycles. The Kier molecular flexibility index (Phi) is 3.86. The number of hydrogen-bond acceptors (Lipinski definition) is 3. The number of rotatable bonds is 3. The molecule has 0 spiro atoms. The molecular formula is C16H16F2N2O. The number of aryl methyl sites for hydroxylation is 1. The summed E-state index contributed by atoms with van der Waals surface area (Å²) in [7, 11) is 0. The summed E-state index contributed by atoms with van der Waals surface area (Å²) >= 11 is 0. The molecule has 3 nitrogen and oxygen atoms in total. The molecule has 2 aromatic carbocycles. The fraction of sp³-hybridized carbons (Fsp3) is 0.250. The monoisotopic (exact) mass is 290 g/mol. The summed E-state index contributed by atoms with van der Waals surface area (Å²) in [5.74, 6) is 5.30. The van der Waals surface area contributed by atoms with E-state index in [2.05, 4.69) is 5.43 Å². The topological polar surface area (TPSA) is 47.3 Å². The van der Waals surface area contributed by atoms with Crippen molar-refractivity contribution in [3.05, 3.63) is 64.7 Å². The summed E-state index contributed by atoms with van der Waals surface area (Å²) in [6, 6.07) is 8.36. The van der Waals surface area contributed by atoms with Gasteiger partial charge in [0.2, 0.25) is 0 Å². The molecule has 0 saturated heterocycles. The van der Waals surface area contributed by atoms with E-state index < -0.39 is 17.7 Å². The molecule has 1 aliphatic heterocycles. The zero-order chi connectivity index (χ0) is 14.8. The van der Waals surface area contributed by atoms with Crippen molar-refractivity contribution in [1.82, 2.24) is 5.43 Å². The largest absolute Gasteiger partial charge is 0.493 e. The number of ether oxygens (including phenoxy) is 1. The van der Waals surface area contributed by atoms with Crippen LogP contribution in [0.25, 0.3) is 0 Å². The standard InChI is InChI=1S/C16H16F2N2O/c17-11-6-7-14(18)13(9-11)15(20-19)12-5-1-3-10-4-2-8-21-16(10)12/h1,3,5-7,9,15,20H,2,4,8,19H2. The van der Waals surface area contributed by atoms with Gasteiger partial charge in [0.25, 0.3) is 0 Å². The van der Waals surface area contributed by atoms with Crippen molar-refractivity contribution < 1.29 is 13.5 Å². The van der Waals surface area contributed by atoms with Crippen molar-refractivity contribution in [2.45, 2.75) is 18.9 Å². The molecule has 0 aliphatic carbocycles. The first-order valence-corrected chi connectivity index (χ1v) is 6.86. The van der Waals surface area contributed by atoms with Gasteiger partial charge in [-0.2, -0.15) is 0 Å². The second-order valence-electron chi connectivity index (χ2n) is 5.05. The summed E-state index contributed by atoms with van der Waals surface area (Å²) < 4.78 is 33.2. The lowest BCUT2D eigenvalue weighted by Crippen LogP contribution is -2.30. The summed E-state index contributed by atoms with van der Waals surface area (Å²) in [5, 5.41) is 0. The van der Waals surface area contributed by atoms with Gasteiger partial charge in [0, 0.05) is 11.1 Å². The Morgan fingerprint density at radius 3 is 2.81 bits per heavy atom. The minimum atomic E-state index is -0.659. The first-order chi connectivity index (χ1) is 10.2. The van der Waals surface area contributed by atoms with Crippen molar-refractivity contribution in [2.75, 3.05) is 6.61 Å². The molecule has 0 aromatic heterocycles. The molecule has 110 valence electrons. The van der Waals surface area contributed by atoms with Crippen LogP contribution in [0, 0.1) is 11.6 Å². The highest BCUT2D eigenvalue weighted by Crippen LogP contribution is 2.36. The van der Waals surface area contributed by atoms with Crippen LogP contribution in [0.4, 0.5) is 8.78 Å². The third-order valence-corrected chi connectivity index (χ3v) is 3.71. The number of hydrazine groups is 1. The van der Waals surface area contributed by atoms with Gasteiger partial charge in [-0.25, -0.2) is 14.2 Å². The summed E-state index contributed by atoms with van der Waals surface area (Å²) in [4.78, 5) is 0. The average Bonchev–Trinajstić information content (AvgIpc) is 2.51. The van der Waals surface area contributed by atoms with Crippen molar-refractivity contribution in [1.29, 1.82) is 0 Å². The number of fused-ring (bicyclic) bond motifs is 1. The van der Waals surface area contributed by atoms with Gasteiger partial charge in [-0.3, -0.25) is 5.84 Å². The van der Waals surface area contributed by atoms with Crippen LogP contribution >= 0.6 is 0 Å². The van der Waals surface area contributed by atoms with Gasteiger partial charge in [-0.05, 0) is 36.6 Å². The molecule has 5 heteroatoms. The van der Waals surface area contributed by atoms with Crippen LogP contribution < -0.4 is 16.0 Å². The molecule has 1 aliphatic rings. The van der Waals surface area contributed by atoms with E-state index in [-0.39, 0.29) is 5.56 Å². The van der Waals surface area contributed by atoms with E-state index in [4.69, 9.17) is 10.6 Å². The SMILES string of the molecule is NNC(c1cc(F)ccc1F)c1cccc2c1OCCC2. The lowest BCUT2D eigenvalue weighted by molar-refractivity contribution is 0.283. The van der Waals surface area contributed by atoms with Gasteiger partial charge in [-0.1, -0.05) is 18.2 Å². The summed E-state index contributed by atoms with van der Waals surface area (Å²) in [6.45, 7) is 0.618. The minimum absolute atomic E-state index is 0.167. The normalized spacial score (nSPS) is 15.2. The maximum atomic E-state index is 14.0. The highest BCUT2D eigenvalue weighted by Gasteiger charge is 2.24. The van der Waals surface area contributed by atoms with Crippen LogP contribution in [-0.4, -0.2) is 6.61 Å². The molecule has 0 saturated carbocycles. The molecule has 0 radical (unpaired) electrons. The van der Waals surface area contributed by atoms with Crippen molar-refractivity contribution in [3.8, 4) is 5.75 Å². The lowest BCUT2D eigenvalue weighted by Gasteiger charge is -2.25. The van der Waals surface area contributed by atoms with Crippen LogP contribution in [0.3, 0.4) is 0 Å². The molecule has 21 heavy (non-hydrogen) atoms.